The molecule has 0 aliphatic rings. The second-order valence-electron chi connectivity index (χ2n) is 6.60. The Morgan fingerprint density at radius 3 is 2.71 bits per heavy atom. The molecule has 1 aromatic carbocycles. The number of fused-ring (bicyclic) bond motifs is 3. The number of furan rings is 1. The second kappa shape index (κ2) is 7.16. The number of amides is 1. The normalized spacial score (nSPS) is 12.5. The van der Waals surface area contributed by atoms with Crippen molar-refractivity contribution in [2.45, 2.75) is 32.9 Å². The van der Waals surface area contributed by atoms with Crippen LogP contribution in [-0.2, 0) is 11.3 Å². The maximum absolute atomic E-state index is 13.0. The molecule has 0 saturated heterocycles. The fourth-order valence-electron chi connectivity index (χ4n) is 3.38. The standard InChI is InChI=1S/C20H19ClN4O3/c1-3-15(19(26)22-11-13-4-6-14(21)7-5-13)25-20(27)17-10-18-16(8-9-28-18)24(17)12(2)23-25/h4-10,15H,3,11H2,1-2H3,(H,22,26)/t15-/m0/s1. The molecule has 0 aliphatic carbocycles. The SMILES string of the molecule is CC[C@@H](C(=O)NCc1ccc(Cl)cc1)n1nc(C)n2c(cc3occc32)c1=O. The maximum Gasteiger partial charge on any atom is 0.291 e. The van der Waals surface area contributed by atoms with Gasteiger partial charge in [0.15, 0.2) is 5.58 Å². The molecule has 0 aliphatic heterocycles. The summed E-state index contributed by atoms with van der Waals surface area (Å²) in [5.41, 5.74) is 2.42. The first-order chi connectivity index (χ1) is 13.5. The van der Waals surface area contributed by atoms with Crippen LogP contribution in [0.2, 0.25) is 5.02 Å². The van der Waals surface area contributed by atoms with E-state index in [2.05, 4.69) is 10.4 Å². The zero-order valence-corrected chi connectivity index (χ0v) is 16.2. The number of nitrogens with one attached hydrogen (secondary N) is 1. The summed E-state index contributed by atoms with van der Waals surface area (Å²) in [5.74, 6) is 0.348. The molecule has 1 atom stereocenters. The lowest BCUT2D eigenvalue weighted by Crippen LogP contribution is -2.39. The number of aryl methyl sites for hydroxylation is 1. The van der Waals surface area contributed by atoms with Crippen LogP contribution in [0.25, 0.3) is 16.6 Å². The van der Waals surface area contributed by atoms with Crippen molar-refractivity contribution < 1.29 is 9.21 Å². The third kappa shape index (κ3) is 3.07. The van der Waals surface area contributed by atoms with Gasteiger partial charge in [-0.15, -0.1) is 0 Å². The summed E-state index contributed by atoms with van der Waals surface area (Å²) in [5, 5.41) is 7.92. The van der Waals surface area contributed by atoms with E-state index in [1.165, 1.54) is 4.68 Å². The van der Waals surface area contributed by atoms with Gasteiger partial charge < -0.3 is 9.73 Å². The molecule has 7 nitrogen and oxygen atoms in total. The van der Waals surface area contributed by atoms with Crippen molar-refractivity contribution >= 4 is 34.1 Å². The molecule has 0 unspecified atom stereocenters. The number of nitrogens with zero attached hydrogens (tertiary/aromatic N) is 3. The predicted molar refractivity (Wildman–Crippen MR) is 107 cm³/mol. The number of rotatable bonds is 5. The predicted octanol–water partition coefficient (Wildman–Crippen LogP) is 3.47. The van der Waals surface area contributed by atoms with E-state index in [-0.39, 0.29) is 11.5 Å². The fraction of sp³-hybridized carbons (Fsp3) is 0.250. The lowest BCUT2D eigenvalue weighted by molar-refractivity contribution is -0.125. The molecule has 0 spiro atoms. The van der Waals surface area contributed by atoms with Crippen LogP contribution in [0.3, 0.4) is 0 Å². The highest BCUT2D eigenvalue weighted by molar-refractivity contribution is 6.30. The van der Waals surface area contributed by atoms with Gasteiger partial charge in [0.1, 0.15) is 17.4 Å². The van der Waals surface area contributed by atoms with E-state index in [4.69, 9.17) is 16.0 Å². The van der Waals surface area contributed by atoms with Gasteiger partial charge in [-0.2, -0.15) is 5.10 Å². The first-order valence-corrected chi connectivity index (χ1v) is 9.37. The minimum atomic E-state index is -0.704. The molecule has 4 rings (SSSR count). The lowest BCUT2D eigenvalue weighted by atomic mass is 10.2. The van der Waals surface area contributed by atoms with Gasteiger partial charge in [-0.3, -0.25) is 14.0 Å². The minimum absolute atomic E-state index is 0.258. The number of halogens is 1. The van der Waals surface area contributed by atoms with Crippen LogP contribution in [0.1, 0.15) is 30.8 Å². The molecule has 8 heteroatoms. The molecule has 3 aromatic heterocycles. The maximum atomic E-state index is 13.0. The van der Waals surface area contributed by atoms with Crippen molar-refractivity contribution in [1.82, 2.24) is 19.5 Å². The van der Waals surface area contributed by atoms with E-state index >= 15 is 0 Å². The van der Waals surface area contributed by atoms with Crippen LogP contribution in [0.15, 0.2) is 51.9 Å². The number of aromatic nitrogens is 3. The molecule has 28 heavy (non-hydrogen) atoms. The molecule has 3 heterocycles. The van der Waals surface area contributed by atoms with Crippen LogP contribution >= 0.6 is 11.6 Å². The van der Waals surface area contributed by atoms with Gasteiger partial charge in [0.25, 0.3) is 5.56 Å². The zero-order valence-electron chi connectivity index (χ0n) is 15.5. The largest absolute Gasteiger partial charge is 0.463 e. The average molecular weight is 399 g/mol. The Labute approximate surface area is 165 Å². The molecule has 1 N–H and O–H groups in total. The molecule has 0 bridgehead atoms. The summed E-state index contributed by atoms with van der Waals surface area (Å²) >= 11 is 5.89. The Bertz CT molecular complexity index is 1220. The number of benzene rings is 1. The van der Waals surface area contributed by atoms with Crippen molar-refractivity contribution in [3.05, 3.63) is 69.4 Å². The summed E-state index contributed by atoms with van der Waals surface area (Å²) < 4.78 is 8.41. The third-order valence-electron chi connectivity index (χ3n) is 4.79. The highest BCUT2D eigenvalue weighted by Gasteiger charge is 2.23. The van der Waals surface area contributed by atoms with Gasteiger partial charge in [-0.05, 0) is 31.0 Å². The van der Waals surface area contributed by atoms with Crippen molar-refractivity contribution in [3.8, 4) is 0 Å². The van der Waals surface area contributed by atoms with Crippen LogP contribution in [-0.4, -0.2) is 20.1 Å². The Morgan fingerprint density at radius 2 is 2.00 bits per heavy atom. The Hall–Kier alpha value is -3.06. The summed E-state index contributed by atoms with van der Waals surface area (Å²) in [6, 6.07) is 10.0. The van der Waals surface area contributed by atoms with Crippen LogP contribution in [0, 0.1) is 6.92 Å². The molecule has 144 valence electrons. The molecule has 0 fully saturated rings. The minimum Gasteiger partial charge on any atom is -0.463 e. The van der Waals surface area contributed by atoms with E-state index in [9.17, 15) is 9.59 Å². The summed E-state index contributed by atoms with van der Waals surface area (Å²) in [4.78, 5) is 25.8. The summed E-state index contributed by atoms with van der Waals surface area (Å²) in [6.45, 7) is 4.00. The second-order valence-corrected chi connectivity index (χ2v) is 7.04. The van der Waals surface area contributed by atoms with E-state index in [0.29, 0.717) is 34.9 Å². The molecule has 0 saturated carbocycles. The van der Waals surface area contributed by atoms with Crippen molar-refractivity contribution in [1.29, 1.82) is 0 Å². The Balaban J connectivity index is 1.66. The number of hydrogen-bond acceptors (Lipinski definition) is 4. The smallest absolute Gasteiger partial charge is 0.291 e. The van der Waals surface area contributed by atoms with Crippen molar-refractivity contribution in [2.24, 2.45) is 0 Å². The van der Waals surface area contributed by atoms with E-state index < -0.39 is 6.04 Å². The van der Waals surface area contributed by atoms with Crippen LogP contribution < -0.4 is 10.9 Å². The molecule has 0 radical (unpaired) electrons. The quantitative estimate of drug-likeness (QED) is 0.558. The van der Waals surface area contributed by atoms with Gasteiger partial charge in [0, 0.05) is 23.7 Å². The number of hydrogen-bond donors (Lipinski definition) is 1. The van der Waals surface area contributed by atoms with Crippen molar-refractivity contribution in [3.63, 3.8) is 0 Å². The third-order valence-corrected chi connectivity index (χ3v) is 5.04. The van der Waals surface area contributed by atoms with Gasteiger partial charge in [0.2, 0.25) is 5.91 Å². The van der Waals surface area contributed by atoms with E-state index in [1.54, 1.807) is 41.9 Å². The molecular weight excluding hydrogens is 380 g/mol. The lowest BCUT2D eigenvalue weighted by Gasteiger charge is -2.18. The van der Waals surface area contributed by atoms with Crippen molar-refractivity contribution in [2.75, 3.05) is 0 Å². The molecular formula is C20H19ClN4O3. The highest BCUT2D eigenvalue weighted by atomic mass is 35.5. The zero-order chi connectivity index (χ0) is 19.8. The average Bonchev–Trinajstić information content (AvgIpc) is 3.27. The molecule has 1 amide bonds. The Kier molecular flexibility index (Phi) is 4.68. The molecule has 4 aromatic rings. The fourth-order valence-corrected chi connectivity index (χ4v) is 3.51. The van der Waals surface area contributed by atoms with Gasteiger partial charge in [-0.25, -0.2) is 4.68 Å². The van der Waals surface area contributed by atoms with Crippen LogP contribution in [0.5, 0.6) is 0 Å². The summed E-state index contributed by atoms with van der Waals surface area (Å²) in [7, 11) is 0. The summed E-state index contributed by atoms with van der Waals surface area (Å²) in [6.07, 6.45) is 2.01. The monoisotopic (exact) mass is 398 g/mol. The van der Waals surface area contributed by atoms with Crippen LogP contribution in [0.4, 0.5) is 0 Å². The van der Waals surface area contributed by atoms with Gasteiger partial charge >= 0.3 is 0 Å². The topological polar surface area (TPSA) is 81.5 Å². The first kappa shape index (κ1) is 18.3. The van der Waals surface area contributed by atoms with Gasteiger partial charge in [-0.1, -0.05) is 30.7 Å². The first-order valence-electron chi connectivity index (χ1n) is 9.00. The number of carbonyl (C=O) groups excluding carboxylic acids is 1. The number of carbonyl (C=O) groups is 1. The van der Waals surface area contributed by atoms with Gasteiger partial charge in [0.05, 0.1) is 11.8 Å². The highest BCUT2D eigenvalue weighted by Crippen LogP contribution is 2.21. The van der Waals surface area contributed by atoms with E-state index in [0.717, 1.165) is 11.1 Å². The van der Waals surface area contributed by atoms with E-state index in [1.807, 2.05) is 19.1 Å². The Morgan fingerprint density at radius 1 is 1.25 bits per heavy atom.